The predicted molar refractivity (Wildman–Crippen MR) is 106 cm³/mol. The number of para-hydroxylation sites is 1. The average molecular weight is 389 g/mol. The molecule has 4 rings (SSSR count). The zero-order chi connectivity index (χ0) is 20.2. The molecule has 1 aliphatic rings. The van der Waals surface area contributed by atoms with Crippen molar-refractivity contribution in [2.45, 2.75) is 12.5 Å². The summed E-state index contributed by atoms with van der Waals surface area (Å²) >= 11 is 0. The van der Waals surface area contributed by atoms with Gasteiger partial charge in [-0.1, -0.05) is 24.3 Å². The quantitative estimate of drug-likeness (QED) is 0.675. The number of aromatic nitrogens is 2. The number of carbonyl (C=O) groups excluding carboxylic acids is 2. The van der Waals surface area contributed by atoms with Crippen LogP contribution in [0.1, 0.15) is 26.3 Å². The third-order valence-corrected chi connectivity index (χ3v) is 4.74. The number of carbonyl (C=O) groups is 2. The molecule has 7 heteroatoms. The topological polar surface area (TPSA) is 90.4 Å². The van der Waals surface area contributed by atoms with Crippen molar-refractivity contribution in [2.24, 2.45) is 0 Å². The summed E-state index contributed by atoms with van der Waals surface area (Å²) in [7, 11) is 1.31. The number of rotatable bonds is 5. The van der Waals surface area contributed by atoms with Crippen LogP contribution < -0.4 is 10.1 Å². The maximum Gasteiger partial charge on any atom is 0.337 e. The number of benzene rings is 2. The van der Waals surface area contributed by atoms with Crippen molar-refractivity contribution in [3.63, 3.8) is 0 Å². The van der Waals surface area contributed by atoms with Crippen LogP contribution in [-0.2, 0) is 11.2 Å². The van der Waals surface area contributed by atoms with Crippen molar-refractivity contribution in [2.75, 3.05) is 13.7 Å². The fourth-order valence-corrected chi connectivity index (χ4v) is 3.33. The number of methoxy groups -OCH3 is 1. The summed E-state index contributed by atoms with van der Waals surface area (Å²) in [5.41, 5.74) is 3.62. The molecule has 2 aromatic carbocycles. The van der Waals surface area contributed by atoms with E-state index in [0.717, 1.165) is 22.4 Å². The highest BCUT2D eigenvalue weighted by atomic mass is 16.5. The fourth-order valence-electron chi connectivity index (χ4n) is 3.33. The molecule has 0 radical (unpaired) electrons. The maximum atomic E-state index is 12.5. The van der Waals surface area contributed by atoms with Crippen LogP contribution in [0.4, 0.5) is 0 Å². The molecular weight excluding hydrogens is 370 g/mol. The van der Waals surface area contributed by atoms with Crippen molar-refractivity contribution >= 4 is 11.9 Å². The van der Waals surface area contributed by atoms with E-state index in [9.17, 15) is 9.59 Å². The molecule has 0 saturated heterocycles. The summed E-state index contributed by atoms with van der Waals surface area (Å²) < 4.78 is 10.8. The number of hydrogen-bond acceptors (Lipinski definition) is 6. The Morgan fingerprint density at radius 1 is 1.14 bits per heavy atom. The first kappa shape index (κ1) is 18.6. The first-order chi connectivity index (χ1) is 14.2. The van der Waals surface area contributed by atoms with Crippen LogP contribution in [0.5, 0.6) is 5.75 Å². The van der Waals surface area contributed by atoms with Crippen LogP contribution in [0.3, 0.4) is 0 Å². The summed E-state index contributed by atoms with van der Waals surface area (Å²) in [6.45, 7) is 0.348. The second-order valence-corrected chi connectivity index (χ2v) is 6.65. The molecule has 29 heavy (non-hydrogen) atoms. The molecular formula is C22H19N3O4. The van der Waals surface area contributed by atoms with Crippen LogP contribution in [-0.4, -0.2) is 41.6 Å². The van der Waals surface area contributed by atoms with Gasteiger partial charge in [-0.05, 0) is 23.8 Å². The predicted octanol–water partition coefficient (Wildman–Crippen LogP) is 2.66. The van der Waals surface area contributed by atoms with Gasteiger partial charge in [-0.25, -0.2) is 14.8 Å². The number of hydrogen-bond donors (Lipinski definition) is 1. The third-order valence-electron chi connectivity index (χ3n) is 4.74. The molecule has 2 heterocycles. The Hall–Kier alpha value is -3.74. The summed E-state index contributed by atoms with van der Waals surface area (Å²) in [4.78, 5) is 32.3. The Labute approximate surface area is 167 Å². The van der Waals surface area contributed by atoms with Crippen LogP contribution in [0.2, 0.25) is 0 Å². The number of amides is 1. The molecule has 1 aliphatic heterocycles. The van der Waals surface area contributed by atoms with Crippen molar-refractivity contribution in [3.8, 4) is 16.9 Å². The third kappa shape index (κ3) is 3.94. The van der Waals surface area contributed by atoms with E-state index in [4.69, 9.17) is 9.47 Å². The van der Waals surface area contributed by atoms with Crippen LogP contribution in [0.15, 0.2) is 61.2 Å². The monoisotopic (exact) mass is 389 g/mol. The van der Waals surface area contributed by atoms with Crippen molar-refractivity contribution < 1.29 is 19.1 Å². The minimum atomic E-state index is -0.480. The van der Waals surface area contributed by atoms with E-state index in [0.29, 0.717) is 24.1 Å². The Morgan fingerprint density at radius 2 is 1.90 bits per heavy atom. The van der Waals surface area contributed by atoms with Crippen LogP contribution >= 0.6 is 0 Å². The lowest BCUT2D eigenvalue weighted by Gasteiger charge is -2.13. The van der Waals surface area contributed by atoms with Gasteiger partial charge >= 0.3 is 5.97 Å². The van der Waals surface area contributed by atoms with Gasteiger partial charge in [0.2, 0.25) is 0 Å². The minimum absolute atomic E-state index is 0.177. The Morgan fingerprint density at radius 3 is 2.69 bits per heavy atom. The molecule has 0 saturated carbocycles. The molecule has 0 bridgehead atoms. The molecule has 7 nitrogen and oxygen atoms in total. The molecule has 3 aromatic rings. The molecule has 0 aliphatic carbocycles. The van der Waals surface area contributed by atoms with Gasteiger partial charge in [0.15, 0.2) is 0 Å². The van der Waals surface area contributed by atoms with E-state index >= 15 is 0 Å². The van der Waals surface area contributed by atoms with E-state index < -0.39 is 5.97 Å². The lowest BCUT2D eigenvalue weighted by Crippen LogP contribution is -2.34. The minimum Gasteiger partial charge on any atom is -0.487 e. The highest BCUT2D eigenvalue weighted by molar-refractivity contribution is 5.97. The van der Waals surface area contributed by atoms with E-state index in [2.05, 4.69) is 15.3 Å². The van der Waals surface area contributed by atoms with Gasteiger partial charge < -0.3 is 14.8 Å². The summed E-state index contributed by atoms with van der Waals surface area (Å²) in [6.07, 6.45) is 5.49. The zero-order valence-electron chi connectivity index (χ0n) is 15.8. The second-order valence-electron chi connectivity index (χ2n) is 6.65. The summed E-state index contributed by atoms with van der Waals surface area (Å²) in [6, 6.07) is 12.4. The highest BCUT2D eigenvalue weighted by Crippen LogP contribution is 2.38. The Balaban J connectivity index is 1.43. The lowest BCUT2D eigenvalue weighted by atomic mass is 10.0. The first-order valence-corrected chi connectivity index (χ1v) is 9.16. The van der Waals surface area contributed by atoms with Crippen molar-refractivity contribution in [1.29, 1.82) is 0 Å². The summed E-state index contributed by atoms with van der Waals surface area (Å²) in [5.74, 6) is 0.0490. The molecule has 0 spiro atoms. The van der Waals surface area contributed by atoms with Crippen LogP contribution in [0.25, 0.3) is 11.1 Å². The average Bonchev–Trinajstić information content (AvgIpc) is 3.20. The molecule has 1 amide bonds. The van der Waals surface area contributed by atoms with Crippen LogP contribution in [0, 0.1) is 0 Å². The standard InChI is InChI=1S/C22H19N3O4/c1-28-22(27)16-6-2-5-15(8-16)21(26)25-12-18-9-14-4-3-7-19(20(14)29-18)17-10-23-13-24-11-17/h2-8,10-11,13,18H,9,12H2,1H3,(H,25,26)/t18-/m0/s1. The van der Waals surface area contributed by atoms with Crippen molar-refractivity contribution in [3.05, 3.63) is 77.9 Å². The largest absolute Gasteiger partial charge is 0.487 e. The first-order valence-electron chi connectivity index (χ1n) is 9.16. The molecule has 1 N–H and O–H groups in total. The number of ether oxygens (including phenoxy) is 2. The number of nitrogens with zero attached hydrogens (tertiary/aromatic N) is 2. The van der Waals surface area contributed by atoms with Gasteiger partial charge in [0, 0.05) is 35.5 Å². The molecule has 146 valence electrons. The normalized spacial score (nSPS) is 14.6. The van der Waals surface area contributed by atoms with Gasteiger partial charge in [-0.3, -0.25) is 4.79 Å². The Kier molecular flexibility index (Phi) is 5.20. The second kappa shape index (κ2) is 8.10. The van der Waals surface area contributed by atoms with E-state index in [1.54, 1.807) is 30.6 Å². The molecule has 1 atom stereocenters. The molecule has 0 unspecified atom stereocenters. The highest BCUT2D eigenvalue weighted by Gasteiger charge is 2.26. The smallest absolute Gasteiger partial charge is 0.337 e. The SMILES string of the molecule is COC(=O)c1cccc(C(=O)NC[C@@H]2Cc3cccc(-c4cncnc4)c3O2)c1. The Bertz CT molecular complexity index is 1050. The van der Waals surface area contributed by atoms with Gasteiger partial charge in [-0.15, -0.1) is 0 Å². The lowest BCUT2D eigenvalue weighted by molar-refractivity contribution is 0.0600. The maximum absolute atomic E-state index is 12.5. The zero-order valence-corrected chi connectivity index (χ0v) is 15.8. The van der Waals surface area contributed by atoms with Gasteiger partial charge in [0.05, 0.1) is 19.2 Å². The molecule has 0 fully saturated rings. The number of fused-ring (bicyclic) bond motifs is 1. The van der Waals surface area contributed by atoms with E-state index in [-0.39, 0.29) is 12.0 Å². The number of esters is 1. The fraction of sp³-hybridized carbons (Fsp3) is 0.182. The van der Waals surface area contributed by atoms with Gasteiger partial charge in [0.25, 0.3) is 5.91 Å². The summed E-state index contributed by atoms with van der Waals surface area (Å²) in [5, 5.41) is 2.88. The van der Waals surface area contributed by atoms with E-state index in [1.807, 2.05) is 18.2 Å². The van der Waals surface area contributed by atoms with E-state index in [1.165, 1.54) is 19.5 Å². The van der Waals surface area contributed by atoms with Crippen molar-refractivity contribution in [1.82, 2.24) is 15.3 Å². The van der Waals surface area contributed by atoms with Gasteiger partial charge in [0.1, 0.15) is 18.2 Å². The number of nitrogens with one attached hydrogen (secondary N) is 1. The van der Waals surface area contributed by atoms with Gasteiger partial charge in [-0.2, -0.15) is 0 Å². The molecule has 1 aromatic heterocycles.